The molecule has 1 aliphatic heterocycles. The third-order valence-corrected chi connectivity index (χ3v) is 3.95. The van der Waals surface area contributed by atoms with Crippen molar-refractivity contribution in [1.82, 2.24) is 14.9 Å². The molecule has 0 saturated carbocycles. The molecule has 132 valence electrons. The summed E-state index contributed by atoms with van der Waals surface area (Å²) in [4.78, 5) is 33.7. The third kappa shape index (κ3) is 3.78. The van der Waals surface area contributed by atoms with Gasteiger partial charge in [0.05, 0.1) is 18.8 Å². The van der Waals surface area contributed by atoms with E-state index in [2.05, 4.69) is 9.97 Å². The summed E-state index contributed by atoms with van der Waals surface area (Å²) in [5, 5.41) is 0. The highest BCUT2D eigenvalue weighted by Crippen LogP contribution is 2.34. The fourth-order valence-electron chi connectivity index (χ4n) is 2.83. The predicted octanol–water partition coefficient (Wildman–Crippen LogP) is 1.88. The number of hydrogen-bond acceptors (Lipinski definition) is 7. The zero-order valence-corrected chi connectivity index (χ0v) is 13.9. The number of esters is 1. The molecule has 0 radical (unpaired) electrons. The summed E-state index contributed by atoms with van der Waals surface area (Å²) >= 11 is 0. The Morgan fingerprint density at radius 1 is 1.44 bits per heavy atom. The number of hydrogen-bond donors (Lipinski definition) is 0. The molecular weight excluding hydrogens is 326 g/mol. The lowest BCUT2D eigenvalue weighted by Gasteiger charge is -2.22. The lowest BCUT2D eigenvalue weighted by Crippen LogP contribution is -2.37. The first-order valence-corrected chi connectivity index (χ1v) is 8.13. The molecule has 3 rings (SSSR count). The highest BCUT2D eigenvalue weighted by Gasteiger charge is 2.37. The zero-order valence-electron chi connectivity index (χ0n) is 13.9. The Morgan fingerprint density at radius 2 is 2.32 bits per heavy atom. The van der Waals surface area contributed by atoms with Crippen molar-refractivity contribution < 1.29 is 23.5 Å². The van der Waals surface area contributed by atoms with E-state index < -0.39 is 11.9 Å². The van der Waals surface area contributed by atoms with Crippen LogP contribution in [0.1, 0.15) is 37.3 Å². The number of carbonyl (C=O) groups is 2. The average molecular weight is 345 g/mol. The second-order valence-corrected chi connectivity index (χ2v) is 5.52. The normalized spacial score (nSPS) is 16.7. The van der Waals surface area contributed by atoms with Gasteiger partial charge in [-0.15, -0.1) is 0 Å². The Balaban J connectivity index is 1.72. The third-order valence-electron chi connectivity index (χ3n) is 3.95. The number of carbonyl (C=O) groups excluding carboxylic acids is 2. The molecule has 0 aliphatic carbocycles. The number of ether oxygens (including phenoxy) is 2. The molecule has 8 nitrogen and oxygen atoms in total. The van der Waals surface area contributed by atoms with Gasteiger partial charge in [0.2, 0.25) is 0 Å². The summed E-state index contributed by atoms with van der Waals surface area (Å²) in [5.74, 6) is -0.344. The number of pyridine rings is 1. The van der Waals surface area contributed by atoms with Crippen molar-refractivity contribution in [2.45, 2.75) is 32.4 Å². The SMILES string of the molecule is CCOC(=O)C(=O)N1CCCC1c1ocnc1COc1cccnc1. The van der Waals surface area contributed by atoms with E-state index >= 15 is 0 Å². The van der Waals surface area contributed by atoms with E-state index in [4.69, 9.17) is 13.9 Å². The second kappa shape index (κ2) is 7.78. The number of aromatic nitrogens is 2. The molecular formula is C17H19N3O5. The smallest absolute Gasteiger partial charge is 0.397 e. The Labute approximate surface area is 144 Å². The maximum atomic E-state index is 12.3. The van der Waals surface area contributed by atoms with Gasteiger partial charge >= 0.3 is 11.9 Å². The minimum absolute atomic E-state index is 0.162. The van der Waals surface area contributed by atoms with Crippen LogP contribution in [0.4, 0.5) is 0 Å². The largest absolute Gasteiger partial charge is 0.486 e. The molecule has 1 saturated heterocycles. The molecule has 1 fully saturated rings. The fraction of sp³-hybridized carbons (Fsp3) is 0.412. The lowest BCUT2D eigenvalue weighted by molar-refractivity contribution is -0.160. The van der Waals surface area contributed by atoms with Gasteiger partial charge in [-0.1, -0.05) is 0 Å². The molecule has 0 N–H and O–H groups in total. The van der Waals surface area contributed by atoms with Crippen LogP contribution in [0.5, 0.6) is 5.75 Å². The molecule has 0 bridgehead atoms. The van der Waals surface area contributed by atoms with Crippen molar-refractivity contribution in [1.29, 1.82) is 0 Å². The topological polar surface area (TPSA) is 94.8 Å². The molecule has 3 heterocycles. The van der Waals surface area contributed by atoms with Crippen LogP contribution in [0.25, 0.3) is 0 Å². The Morgan fingerprint density at radius 3 is 3.08 bits per heavy atom. The van der Waals surface area contributed by atoms with Crippen LogP contribution < -0.4 is 4.74 Å². The molecule has 0 aromatic carbocycles. The van der Waals surface area contributed by atoms with Gasteiger partial charge in [0.15, 0.2) is 12.2 Å². The van der Waals surface area contributed by atoms with E-state index in [-0.39, 0.29) is 19.3 Å². The van der Waals surface area contributed by atoms with E-state index in [0.29, 0.717) is 30.2 Å². The highest BCUT2D eigenvalue weighted by atomic mass is 16.5. The molecule has 1 unspecified atom stereocenters. The number of amides is 1. The summed E-state index contributed by atoms with van der Waals surface area (Å²) in [6.07, 6.45) is 6.06. The molecule has 1 atom stereocenters. The van der Waals surface area contributed by atoms with Gasteiger partial charge in [0, 0.05) is 12.7 Å². The van der Waals surface area contributed by atoms with Crippen LogP contribution in [0.15, 0.2) is 35.3 Å². The van der Waals surface area contributed by atoms with Gasteiger partial charge in [0.1, 0.15) is 18.1 Å². The van der Waals surface area contributed by atoms with Crippen molar-refractivity contribution >= 4 is 11.9 Å². The monoisotopic (exact) mass is 345 g/mol. The molecule has 25 heavy (non-hydrogen) atoms. The standard InChI is InChI=1S/C17H19N3O5/c1-2-23-17(22)16(21)20-8-4-6-14(20)15-13(19-11-25-15)10-24-12-5-3-7-18-9-12/h3,5,7,9,11,14H,2,4,6,8,10H2,1H3. The summed E-state index contributed by atoms with van der Waals surface area (Å²) in [5.41, 5.74) is 0.595. The van der Waals surface area contributed by atoms with Gasteiger partial charge in [-0.25, -0.2) is 9.78 Å². The summed E-state index contributed by atoms with van der Waals surface area (Å²) in [6.45, 7) is 2.49. The van der Waals surface area contributed by atoms with Crippen LogP contribution >= 0.6 is 0 Å². The molecule has 1 amide bonds. The second-order valence-electron chi connectivity index (χ2n) is 5.52. The first-order chi connectivity index (χ1) is 12.2. The summed E-state index contributed by atoms with van der Waals surface area (Å²) < 4.78 is 16.0. The van der Waals surface area contributed by atoms with Crippen molar-refractivity contribution in [3.63, 3.8) is 0 Å². The van der Waals surface area contributed by atoms with Crippen LogP contribution in [-0.4, -0.2) is 39.9 Å². The van der Waals surface area contributed by atoms with Crippen LogP contribution in [-0.2, 0) is 20.9 Å². The van der Waals surface area contributed by atoms with Crippen molar-refractivity contribution in [3.8, 4) is 5.75 Å². The van der Waals surface area contributed by atoms with Gasteiger partial charge in [-0.2, -0.15) is 0 Å². The summed E-state index contributed by atoms with van der Waals surface area (Å²) in [6, 6.07) is 3.22. The maximum absolute atomic E-state index is 12.3. The van der Waals surface area contributed by atoms with E-state index in [1.807, 2.05) is 0 Å². The Kier molecular flexibility index (Phi) is 5.27. The highest BCUT2D eigenvalue weighted by molar-refractivity contribution is 6.32. The molecule has 8 heteroatoms. The van der Waals surface area contributed by atoms with Crippen molar-refractivity contribution in [3.05, 3.63) is 42.4 Å². The molecule has 0 spiro atoms. The van der Waals surface area contributed by atoms with E-state index in [0.717, 1.165) is 6.42 Å². The maximum Gasteiger partial charge on any atom is 0.397 e. The number of rotatable bonds is 5. The molecule has 1 aliphatic rings. The van der Waals surface area contributed by atoms with Gasteiger partial charge in [0.25, 0.3) is 0 Å². The van der Waals surface area contributed by atoms with Crippen LogP contribution in [0, 0.1) is 0 Å². The Hall–Kier alpha value is -2.90. The van der Waals surface area contributed by atoms with E-state index in [1.54, 1.807) is 31.5 Å². The van der Waals surface area contributed by atoms with Gasteiger partial charge in [-0.05, 0) is 31.9 Å². The molecule has 2 aromatic heterocycles. The minimum Gasteiger partial charge on any atom is -0.486 e. The fourth-order valence-corrected chi connectivity index (χ4v) is 2.83. The lowest BCUT2D eigenvalue weighted by atomic mass is 10.1. The van der Waals surface area contributed by atoms with Crippen LogP contribution in [0.3, 0.4) is 0 Å². The average Bonchev–Trinajstić information content (AvgIpc) is 3.29. The van der Waals surface area contributed by atoms with Crippen molar-refractivity contribution in [2.24, 2.45) is 0 Å². The van der Waals surface area contributed by atoms with Gasteiger partial charge in [-0.3, -0.25) is 9.78 Å². The van der Waals surface area contributed by atoms with Crippen molar-refractivity contribution in [2.75, 3.05) is 13.2 Å². The van der Waals surface area contributed by atoms with E-state index in [1.165, 1.54) is 11.3 Å². The summed E-state index contributed by atoms with van der Waals surface area (Å²) in [7, 11) is 0. The number of nitrogens with zero attached hydrogens (tertiary/aromatic N) is 3. The predicted molar refractivity (Wildman–Crippen MR) is 85.4 cm³/mol. The molecule has 2 aromatic rings. The van der Waals surface area contributed by atoms with Crippen LogP contribution in [0.2, 0.25) is 0 Å². The minimum atomic E-state index is -0.845. The number of likely N-dealkylation sites (tertiary alicyclic amines) is 1. The zero-order chi connectivity index (χ0) is 17.6. The first-order valence-electron chi connectivity index (χ1n) is 8.13. The number of oxazole rings is 1. The Bertz CT molecular complexity index is 731. The first kappa shape index (κ1) is 16.9. The van der Waals surface area contributed by atoms with Gasteiger partial charge < -0.3 is 18.8 Å². The van der Waals surface area contributed by atoms with E-state index in [9.17, 15) is 9.59 Å². The quantitative estimate of drug-likeness (QED) is 0.603.